The highest BCUT2D eigenvalue weighted by molar-refractivity contribution is 5.32. The molecule has 0 aromatic heterocycles. The third-order valence-electron chi connectivity index (χ3n) is 4.56. The first kappa shape index (κ1) is 16.2. The summed E-state index contributed by atoms with van der Waals surface area (Å²) in [5.74, 6) is 0.397. The fourth-order valence-electron chi connectivity index (χ4n) is 3.34. The number of hydrogen-bond acceptors (Lipinski definition) is 3. The summed E-state index contributed by atoms with van der Waals surface area (Å²) in [5, 5.41) is 0. The fraction of sp³-hybridized carbons (Fsp3) is 0.400. The second-order valence-corrected chi connectivity index (χ2v) is 6.20. The summed E-state index contributed by atoms with van der Waals surface area (Å²) in [7, 11) is 0. The van der Waals surface area contributed by atoms with Crippen LogP contribution in [0.4, 0.5) is 0 Å². The Kier molecular flexibility index (Phi) is 5.81. The molecule has 3 heteroatoms. The van der Waals surface area contributed by atoms with Gasteiger partial charge in [0.1, 0.15) is 0 Å². The Bertz CT molecular complexity index is 531. The smallest absolute Gasteiger partial charge is 0.0714 e. The summed E-state index contributed by atoms with van der Waals surface area (Å²) in [4.78, 5) is 2.52. The number of rotatable bonds is 6. The number of hydrogen-bond donors (Lipinski definition) is 1. The van der Waals surface area contributed by atoms with Crippen LogP contribution in [0, 0.1) is 0 Å². The van der Waals surface area contributed by atoms with Gasteiger partial charge in [0.15, 0.2) is 0 Å². The van der Waals surface area contributed by atoms with Gasteiger partial charge in [-0.2, -0.15) is 0 Å². The van der Waals surface area contributed by atoms with Crippen LogP contribution >= 0.6 is 0 Å². The van der Waals surface area contributed by atoms with Gasteiger partial charge in [0.05, 0.1) is 12.7 Å². The Hall–Kier alpha value is -1.68. The molecule has 0 amide bonds. The van der Waals surface area contributed by atoms with Crippen LogP contribution in [0.25, 0.3) is 0 Å². The molecular formula is C20H26N2O. The highest BCUT2D eigenvalue weighted by Gasteiger charge is 2.24. The number of benzene rings is 2. The van der Waals surface area contributed by atoms with Crippen LogP contribution in [0.1, 0.15) is 23.5 Å². The molecule has 0 radical (unpaired) electrons. The van der Waals surface area contributed by atoms with Crippen molar-refractivity contribution in [3.05, 3.63) is 71.8 Å². The number of nitrogens with zero attached hydrogens (tertiary/aromatic N) is 1. The summed E-state index contributed by atoms with van der Waals surface area (Å²) in [6.07, 6.45) is 1.22. The lowest BCUT2D eigenvalue weighted by Crippen LogP contribution is -2.44. The van der Waals surface area contributed by atoms with Crippen LogP contribution in [0.2, 0.25) is 0 Å². The SMILES string of the molecule is NCC[C@H]1CN(CC(c2ccccc2)c2ccccc2)CCO1. The summed E-state index contributed by atoms with van der Waals surface area (Å²) in [6.45, 7) is 4.50. The van der Waals surface area contributed by atoms with Crippen LogP contribution < -0.4 is 5.73 Å². The van der Waals surface area contributed by atoms with E-state index in [1.807, 2.05) is 0 Å². The molecule has 122 valence electrons. The Morgan fingerprint density at radius 2 is 1.61 bits per heavy atom. The van der Waals surface area contributed by atoms with Crippen molar-refractivity contribution in [1.82, 2.24) is 4.90 Å². The highest BCUT2D eigenvalue weighted by Crippen LogP contribution is 2.26. The van der Waals surface area contributed by atoms with Gasteiger partial charge in [-0.3, -0.25) is 4.90 Å². The molecule has 3 rings (SSSR count). The van der Waals surface area contributed by atoms with Crippen molar-refractivity contribution in [1.29, 1.82) is 0 Å². The van der Waals surface area contributed by atoms with Crippen LogP contribution in [0.3, 0.4) is 0 Å². The van der Waals surface area contributed by atoms with Gasteiger partial charge in [0.2, 0.25) is 0 Å². The predicted octanol–water partition coefficient (Wildman–Crippen LogP) is 2.87. The first-order chi connectivity index (χ1) is 11.4. The van der Waals surface area contributed by atoms with Gasteiger partial charge in [-0.1, -0.05) is 60.7 Å². The average Bonchev–Trinajstić information content (AvgIpc) is 2.62. The van der Waals surface area contributed by atoms with Crippen LogP contribution in [0.15, 0.2) is 60.7 Å². The van der Waals surface area contributed by atoms with Crippen molar-refractivity contribution in [2.45, 2.75) is 18.4 Å². The maximum atomic E-state index is 5.82. The van der Waals surface area contributed by atoms with E-state index >= 15 is 0 Å². The monoisotopic (exact) mass is 310 g/mol. The van der Waals surface area contributed by atoms with E-state index in [0.29, 0.717) is 12.5 Å². The first-order valence-electron chi connectivity index (χ1n) is 8.50. The largest absolute Gasteiger partial charge is 0.376 e. The molecule has 1 atom stereocenters. The van der Waals surface area contributed by atoms with E-state index in [9.17, 15) is 0 Å². The lowest BCUT2D eigenvalue weighted by atomic mass is 9.90. The van der Waals surface area contributed by atoms with Crippen molar-refractivity contribution in [2.75, 3.05) is 32.8 Å². The molecule has 1 fully saturated rings. The molecule has 2 N–H and O–H groups in total. The van der Waals surface area contributed by atoms with Gasteiger partial charge in [-0.15, -0.1) is 0 Å². The summed E-state index contributed by atoms with van der Waals surface area (Å²) in [5.41, 5.74) is 8.44. The minimum absolute atomic E-state index is 0.279. The predicted molar refractivity (Wildman–Crippen MR) is 94.6 cm³/mol. The van der Waals surface area contributed by atoms with Crippen molar-refractivity contribution >= 4 is 0 Å². The summed E-state index contributed by atoms with van der Waals surface area (Å²) < 4.78 is 5.82. The van der Waals surface area contributed by atoms with E-state index < -0.39 is 0 Å². The van der Waals surface area contributed by atoms with Crippen molar-refractivity contribution in [2.24, 2.45) is 5.73 Å². The third-order valence-corrected chi connectivity index (χ3v) is 4.56. The first-order valence-corrected chi connectivity index (χ1v) is 8.50. The molecule has 1 heterocycles. The standard InChI is InChI=1S/C20H26N2O/c21-12-11-19-15-22(13-14-23-19)16-20(17-7-3-1-4-8-17)18-9-5-2-6-10-18/h1-10,19-20H,11-16,21H2/t19-/m0/s1. The molecule has 1 saturated heterocycles. The van der Waals surface area contributed by atoms with Crippen molar-refractivity contribution in [3.63, 3.8) is 0 Å². The van der Waals surface area contributed by atoms with Gasteiger partial charge in [-0.05, 0) is 24.1 Å². The summed E-state index contributed by atoms with van der Waals surface area (Å²) in [6, 6.07) is 21.6. The van der Waals surface area contributed by atoms with Crippen molar-refractivity contribution in [3.8, 4) is 0 Å². The molecule has 23 heavy (non-hydrogen) atoms. The molecule has 0 aliphatic carbocycles. The molecule has 0 bridgehead atoms. The zero-order valence-electron chi connectivity index (χ0n) is 13.6. The molecule has 3 nitrogen and oxygen atoms in total. The maximum Gasteiger partial charge on any atom is 0.0714 e. The van der Waals surface area contributed by atoms with E-state index in [4.69, 9.17) is 10.5 Å². The number of ether oxygens (including phenoxy) is 1. The second kappa shape index (κ2) is 8.25. The van der Waals surface area contributed by atoms with Gasteiger partial charge in [0, 0.05) is 25.6 Å². The Morgan fingerprint density at radius 3 is 2.17 bits per heavy atom. The van der Waals surface area contributed by atoms with Crippen LogP contribution in [-0.2, 0) is 4.74 Å². The Balaban J connectivity index is 1.77. The minimum Gasteiger partial charge on any atom is -0.376 e. The van der Waals surface area contributed by atoms with Crippen LogP contribution in [0.5, 0.6) is 0 Å². The number of nitrogens with two attached hydrogens (primary N) is 1. The van der Waals surface area contributed by atoms with Crippen molar-refractivity contribution < 1.29 is 4.74 Å². The molecule has 0 saturated carbocycles. The molecule has 1 aliphatic rings. The molecule has 1 aliphatic heterocycles. The van der Waals surface area contributed by atoms with E-state index in [1.165, 1.54) is 11.1 Å². The third kappa shape index (κ3) is 4.41. The molecule has 2 aromatic rings. The van der Waals surface area contributed by atoms with E-state index in [0.717, 1.165) is 32.7 Å². The molecule has 0 spiro atoms. The lowest BCUT2D eigenvalue weighted by Gasteiger charge is -2.35. The lowest BCUT2D eigenvalue weighted by molar-refractivity contribution is -0.0314. The van der Waals surface area contributed by atoms with Gasteiger partial charge >= 0.3 is 0 Å². The van der Waals surface area contributed by atoms with Crippen LogP contribution in [-0.4, -0.2) is 43.8 Å². The van der Waals surface area contributed by atoms with Gasteiger partial charge in [0.25, 0.3) is 0 Å². The zero-order chi connectivity index (χ0) is 15.9. The van der Waals surface area contributed by atoms with E-state index in [2.05, 4.69) is 65.6 Å². The normalized spacial score (nSPS) is 19.1. The van der Waals surface area contributed by atoms with Gasteiger partial charge in [-0.25, -0.2) is 0 Å². The maximum absolute atomic E-state index is 5.82. The minimum atomic E-state index is 0.279. The Labute approximate surface area is 139 Å². The topological polar surface area (TPSA) is 38.5 Å². The quantitative estimate of drug-likeness (QED) is 0.891. The zero-order valence-corrected chi connectivity index (χ0v) is 13.6. The fourth-order valence-corrected chi connectivity index (χ4v) is 3.34. The highest BCUT2D eigenvalue weighted by atomic mass is 16.5. The average molecular weight is 310 g/mol. The Morgan fingerprint density at radius 1 is 1.00 bits per heavy atom. The van der Waals surface area contributed by atoms with E-state index in [-0.39, 0.29) is 6.10 Å². The van der Waals surface area contributed by atoms with E-state index in [1.54, 1.807) is 0 Å². The summed E-state index contributed by atoms with van der Waals surface area (Å²) >= 11 is 0. The second-order valence-electron chi connectivity index (χ2n) is 6.20. The van der Waals surface area contributed by atoms with Gasteiger partial charge < -0.3 is 10.5 Å². The molecule has 0 unspecified atom stereocenters. The number of morpholine rings is 1. The molecular weight excluding hydrogens is 284 g/mol. The molecule has 2 aromatic carbocycles.